The van der Waals surface area contributed by atoms with Crippen LogP contribution in [-0.4, -0.2) is 43.1 Å². The van der Waals surface area contributed by atoms with Crippen molar-refractivity contribution >= 4 is 34.9 Å². The number of carbonyl (C=O) groups excluding carboxylic acids is 2. The number of nitrogens with zero attached hydrogens (tertiary/aromatic N) is 4. The molecule has 8 nitrogen and oxygen atoms in total. The lowest BCUT2D eigenvalue weighted by atomic mass is 9.91. The number of benzene rings is 1. The van der Waals surface area contributed by atoms with E-state index >= 15 is 0 Å². The fraction of sp³-hybridized carbons (Fsp3) is 0.435. The lowest BCUT2D eigenvalue weighted by Crippen LogP contribution is -2.38. The van der Waals surface area contributed by atoms with Gasteiger partial charge in [0, 0.05) is 17.0 Å². The normalized spacial score (nSPS) is 19.1. The quantitative estimate of drug-likeness (QED) is 0.415. The lowest BCUT2D eigenvalue weighted by molar-refractivity contribution is -0.137. The second kappa shape index (κ2) is 11.0. The highest BCUT2D eigenvalue weighted by Gasteiger charge is 2.31. The fourth-order valence-electron chi connectivity index (χ4n) is 4.00. The predicted molar refractivity (Wildman–Crippen MR) is 130 cm³/mol. The summed E-state index contributed by atoms with van der Waals surface area (Å²) < 4.78 is 41.4. The van der Waals surface area contributed by atoms with E-state index < -0.39 is 17.6 Å². The van der Waals surface area contributed by atoms with Crippen LogP contribution in [0.15, 0.2) is 40.2 Å². The van der Waals surface area contributed by atoms with Gasteiger partial charge >= 0.3 is 6.18 Å². The summed E-state index contributed by atoms with van der Waals surface area (Å²) in [5, 5.41) is 12.7. The highest BCUT2D eigenvalue weighted by Crippen LogP contribution is 2.33. The van der Waals surface area contributed by atoms with Crippen LogP contribution in [0.5, 0.6) is 0 Å². The van der Waals surface area contributed by atoms with Crippen LogP contribution in [0.3, 0.4) is 0 Å². The van der Waals surface area contributed by atoms with Crippen molar-refractivity contribution < 1.29 is 22.8 Å². The van der Waals surface area contributed by atoms with Crippen molar-refractivity contribution in [3.63, 3.8) is 0 Å². The SMILES string of the molecule is CC(Sc1nc(CC(=O)NC2CCC(n3cc(-c4cccc(C(F)(F)F)c4)nn3)CC2)cs1)C(N)=O. The van der Waals surface area contributed by atoms with Gasteiger partial charge in [0.15, 0.2) is 4.34 Å². The molecular weight excluding hydrogens is 513 g/mol. The van der Waals surface area contributed by atoms with Crippen LogP contribution in [-0.2, 0) is 22.2 Å². The molecule has 2 heterocycles. The van der Waals surface area contributed by atoms with E-state index in [-0.39, 0.29) is 29.7 Å². The predicted octanol–water partition coefficient (Wildman–Crippen LogP) is 4.23. The number of nitrogens with one attached hydrogen (secondary N) is 1. The fourth-order valence-corrected chi connectivity index (χ4v) is 5.93. The maximum Gasteiger partial charge on any atom is 0.416 e. The Morgan fingerprint density at radius 2 is 2.03 bits per heavy atom. The molecule has 2 aromatic heterocycles. The van der Waals surface area contributed by atoms with E-state index in [0.29, 0.717) is 21.3 Å². The average Bonchev–Trinajstić information content (AvgIpc) is 3.49. The Labute approximate surface area is 213 Å². The number of hydrogen-bond acceptors (Lipinski definition) is 7. The Morgan fingerprint density at radius 3 is 2.72 bits per heavy atom. The number of nitrogens with two attached hydrogens (primary N) is 1. The third-order valence-corrected chi connectivity index (χ3v) is 8.12. The molecule has 3 aromatic rings. The van der Waals surface area contributed by atoms with Crippen LogP contribution in [0, 0.1) is 0 Å². The summed E-state index contributed by atoms with van der Waals surface area (Å²) in [6.45, 7) is 1.71. The first kappa shape index (κ1) is 26.1. The van der Waals surface area contributed by atoms with Gasteiger partial charge in [0.25, 0.3) is 0 Å². The van der Waals surface area contributed by atoms with Crippen LogP contribution >= 0.6 is 23.1 Å². The van der Waals surface area contributed by atoms with Gasteiger partial charge in [0.05, 0.1) is 35.2 Å². The Balaban J connectivity index is 1.27. The second-order valence-corrected chi connectivity index (χ2v) is 11.1. The lowest BCUT2D eigenvalue weighted by Gasteiger charge is -2.28. The first-order valence-electron chi connectivity index (χ1n) is 11.4. The molecule has 0 saturated heterocycles. The van der Waals surface area contributed by atoms with Crippen molar-refractivity contribution in [3.05, 3.63) is 47.1 Å². The average molecular weight is 539 g/mol. The topological polar surface area (TPSA) is 116 Å². The summed E-state index contributed by atoms with van der Waals surface area (Å²) >= 11 is 2.65. The second-order valence-electron chi connectivity index (χ2n) is 8.68. The summed E-state index contributed by atoms with van der Waals surface area (Å²) in [4.78, 5) is 28.1. The number of carbonyl (C=O) groups is 2. The van der Waals surface area contributed by atoms with Gasteiger partial charge in [-0.3, -0.25) is 9.59 Å². The molecule has 13 heteroatoms. The third kappa shape index (κ3) is 6.64. The maximum atomic E-state index is 13.0. The maximum absolute atomic E-state index is 13.0. The molecule has 1 aliphatic carbocycles. The van der Waals surface area contributed by atoms with E-state index in [1.165, 1.54) is 29.2 Å². The molecule has 192 valence electrons. The van der Waals surface area contributed by atoms with Crippen LogP contribution in [0.1, 0.15) is 49.9 Å². The summed E-state index contributed by atoms with van der Waals surface area (Å²) in [6, 6.07) is 5.14. The van der Waals surface area contributed by atoms with Crippen molar-refractivity contribution in [2.75, 3.05) is 0 Å². The molecule has 0 aliphatic heterocycles. The number of hydrogen-bond donors (Lipinski definition) is 2. The molecule has 1 aromatic carbocycles. The Bertz CT molecular complexity index is 1220. The summed E-state index contributed by atoms with van der Waals surface area (Å²) in [5.41, 5.74) is 5.96. The van der Waals surface area contributed by atoms with Gasteiger partial charge < -0.3 is 11.1 Å². The Hall–Kier alpha value is -2.93. The molecule has 0 bridgehead atoms. The zero-order chi connectivity index (χ0) is 25.9. The molecule has 0 radical (unpaired) electrons. The zero-order valence-electron chi connectivity index (χ0n) is 19.4. The van der Waals surface area contributed by atoms with Crippen LogP contribution < -0.4 is 11.1 Å². The van der Waals surface area contributed by atoms with Crippen LogP contribution in [0.25, 0.3) is 11.3 Å². The summed E-state index contributed by atoms with van der Waals surface area (Å²) in [6.07, 6.45) is 0.449. The van der Waals surface area contributed by atoms with Crippen molar-refractivity contribution in [1.82, 2.24) is 25.3 Å². The molecule has 36 heavy (non-hydrogen) atoms. The molecule has 0 spiro atoms. The van der Waals surface area contributed by atoms with Gasteiger partial charge in [-0.05, 0) is 44.7 Å². The van der Waals surface area contributed by atoms with E-state index in [9.17, 15) is 22.8 Å². The molecule has 1 aliphatic rings. The van der Waals surface area contributed by atoms with Crippen molar-refractivity contribution in [2.45, 2.75) is 66.9 Å². The number of amides is 2. The number of aromatic nitrogens is 4. The molecule has 1 unspecified atom stereocenters. The molecule has 1 saturated carbocycles. The summed E-state index contributed by atoms with van der Waals surface area (Å²) in [5.74, 6) is -0.529. The van der Waals surface area contributed by atoms with E-state index in [2.05, 4.69) is 20.6 Å². The monoisotopic (exact) mass is 538 g/mol. The van der Waals surface area contributed by atoms with Crippen LogP contribution in [0.2, 0.25) is 0 Å². The van der Waals surface area contributed by atoms with E-state index in [4.69, 9.17) is 5.73 Å². The number of rotatable bonds is 8. The Morgan fingerprint density at radius 1 is 1.28 bits per heavy atom. The van der Waals surface area contributed by atoms with Crippen molar-refractivity contribution in [3.8, 4) is 11.3 Å². The minimum atomic E-state index is -4.42. The minimum absolute atomic E-state index is 0.0302. The molecule has 2 amide bonds. The number of halogens is 3. The molecule has 1 fully saturated rings. The first-order chi connectivity index (χ1) is 17.1. The highest BCUT2D eigenvalue weighted by molar-refractivity contribution is 8.02. The number of alkyl halides is 3. The molecule has 4 rings (SSSR count). The molecule has 1 atom stereocenters. The van der Waals surface area contributed by atoms with Gasteiger partial charge in [-0.15, -0.1) is 16.4 Å². The van der Waals surface area contributed by atoms with E-state index in [1.807, 2.05) is 0 Å². The Kier molecular flexibility index (Phi) is 7.98. The van der Waals surface area contributed by atoms with Gasteiger partial charge in [-0.1, -0.05) is 29.1 Å². The highest BCUT2D eigenvalue weighted by atomic mass is 32.2. The van der Waals surface area contributed by atoms with Gasteiger partial charge in [-0.2, -0.15) is 13.2 Å². The van der Waals surface area contributed by atoms with Gasteiger partial charge in [0.2, 0.25) is 11.8 Å². The first-order valence-corrected chi connectivity index (χ1v) is 13.1. The molecule has 3 N–H and O–H groups in total. The smallest absolute Gasteiger partial charge is 0.369 e. The van der Waals surface area contributed by atoms with E-state index in [1.54, 1.807) is 29.2 Å². The largest absolute Gasteiger partial charge is 0.416 e. The minimum Gasteiger partial charge on any atom is -0.369 e. The van der Waals surface area contributed by atoms with Crippen molar-refractivity contribution in [2.24, 2.45) is 5.73 Å². The molecular formula is C23H25F3N6O2S2. The standard InChI is InChI=1S/C23H25F3N6O2S2/c1-13(21(27)34)36-22-29-17(12-35-22)10-20(33)28-16-5-7-18(8-6-16)32-11-19(30-31-32)14-3-2-4-15(9-14)23(24,25)26/h2-4,9,11-13,16,18H,5-8,10H2,1H3,(H2,27,34)(H,28,33). The zero-order valence-corrected chi connectivity index (χ0v) is 21.0. The number of thiazole rings is 1. The van der Waals surface area contributed by atoms with Crippen LogP contribution in [0.4, 0.5) is 13.2 Å². The third-order valence-electron chi connectivity index (χ3n) is 5.98. The summed E-state index contributed by atoms with van der Waals surface area (Å²) in [7, 11) is 0. The number of primary amides is 1. The van der Waals surface area contributed by atoms with Gasteiger partial charge in [-0.25, -0.2) is 9.67 Å². The van der Waals surface area contributed by atoms with Crippen molar-refractivity contribution in [1.29, 1.82) is 0 Å². The van der Waals surface area contributed by atoms with Gasteiger partial charge in [0.1, 0.15) is 5.69 Å². The van der Waals surface area contributed by atoms with E-state index in [0.717, 1.165) is 37.8 Å². The number of thioether (sulfide) groups is 1.